The highest BCUT2D eigenvalue weighted by atomic mass is 32.2. The molecule has 110 valence electrons. The lowest BCUT2D eigenvalue weighted by molar-refractivity contribution is 0.131. The standard InChI is InChI=1S/C17H26N2S/c1-2-6-17(7-3-1)20-15-14-18-12-8-16(9-13-18)19-10-4-5-11-19/h1-3,6-7,16H,4-5,8-15H2. The van der Waals surface area contributed by atoms with Crippen LogP contribution in [0.1, 0.15) is 25.7 Å². The van der Waals surface area contributed by atoms with Crippen LogP contribution >= 0.6 is 11.8 Å². The van der Waals surface area contributed by atoms with Gasteiger partial charge in [0.15, 0.2) is 0 Å². The third-order valence-corrected chi connectivity index (χ3v) is 5.63. The summed E-state index contributed by atoms with van der Waals surface area (Å²) in [4.78, 5) is 6.79. The van der Waals surface area contributed by atoms with Crippen LogP contribution < -0.4 is 0 Å². The summed E-state index contributed by atoms with van der Waals surface area (Å²) < 4.78 is 0. The van der Waals surface area contributed by atoms with E-state index in [1.165, 1.54) is 69.1 Å². The van der Waals surface area contributed by atoms with E-state index in [1.807, 2.05) is 11.8 Å². The average molecular weight is 290 g/mol. The predicted octanol–water partition coefficient (Wildman–Crippen LogP) is 3.34. The van der Waals surface area contributed by atoms with Crippen LogP contribution in [-0.4, -0.2) is 54.3 Å². The van der Waals surface area contributed by atoms with E-state index in [0.717, 1.165) is 6.04 Å². The van der Waals surface area contributed by atoms with Crippen LogP contribution in [-0.2, 0) is 0 Å². The van der Waals surface area contributed by atoms with Gasteiger partial charge in [0.05, 0.1) is 0 Å². The molecule has 3 heteroatoms. The fraction of sp³-hybridized carbons (Fsp3) is 0.647. The van der Waals surface area contributed by atoms with Gasteiger partial charge in [-0.25, -0.2) is 0 Å². The van der Waals surface area contributed by atoms with Gasteiger partial charge in [0.1, 0.15) is 0 Å². The molecule has 0 spiro atoms. The second-order valence-corrected chi connectivity index (χ2v) is 7.15. The molecule has 2 aliphatic heterocycles. The highest BCUT2D eigenvalue weighted by molar-refractivity contribution is 7.99. The van der Waals surface area contributed by atoms with Crippen molar-refractivity contribution in [1.29, 1.82) is 0 Å². The smallest absolute Gasteiger partial charge is 0.0120 e. The molecule has 0 unspecified atom stereocenters. The molecule has 2 aliphatic rings. The molecule has 1 aromatic carbocycles. The molecule has 2 fully saturated rings. The minimum absolute atomic E-state index is 0.885. The number of benzene rings is 1. The molecular formula is C17H26N2S. The maximum absolute atomic E-state index is 2.73. The molecule has 2 saturated heterocycles. The van der Waals surface area contributed by atoms with Crippen molar-refractivity contribution in [1.82, 2.24) is 9.80 Å². The van der Waals surface area contributed by atoms with E-state index < -0.39 is 0 Å². The molecule has 0 aliphatic carbocycles. The zero-order chi connectivity index (χ0) is 13.6. The molecule has 0 atom stereocenters. The molecule has 0 N–H and O–H groups in total. The number of thioether (sulfide) groups is 1. The van der Waals surface area contributed by atoms with Gasteiger partial charge in [0.2, 0.25) is 0 Å². The van der Waals surface area contributed by atoms with E-state index in [1.54, 1.807) is 0 Å². The van der Waals surface area contributed by atoms with Gasteiger partial charge in [-0.15, -0.1) is 11.8 Å². The van der Waals surface area contributed by atoms with Gasteiger partial charge in [-0.3, -0.25) is 0 Å². The van der Waals surface area contributed by atoms with Gasteiger partial charge < -0.3 is 9.80 Å². The molecule has 2 nitrogen and oxygen atoms in total. The number of rotatable bonds is 5. The Balaban J connectivity index is 1.34. The number of hydrogen-bond acceptors (Lipinski definition) is 3. The molecule has 1 aromatic rings. The molecule has 0 radical (unpaired) electrons. The number of likely N-dealkylation sites (tertiary alicyclic amines) is 2. The van der Waals surface area contributed by atoms with Crippen molar-refractivity contribution in [3.05, 3.63) is 30.3 Å². The van der Waals surface area contributed by atoms with E-state index >= 15 is 0 Å². The lowest BCUT2D eigenvalue weighted by Crippen LogP contribution is -2.44. The first-order valence-corrected chi connectivity index (χ1v) is 9.04. The summed E-state index contributed by atoms with van der Waals surface area (Å²) >= 11 is 1.99. The molecule has 3 rings (SSSR count). The van der Waals surface area contributed by atoms with E-state index in [9.17, 15) is 0 Å². The van der Waals surface area contributed by atoms with Gasteiger partial charge in [-0.1, -0.05) is 18.2 Å². The van der Waals surface area contributed by atoms with Crippen LogP contribution in [0.5, 0.6) is 0 Å². The maximum Gasteiger partial charge on any atom is 0.0120 e. The van der Waals surface area contributed by atoms with Crippen molar-refractivity contribution < 1.29 is 0 Å². The van der Waals surface area contributed by atoms with Crippen LogP contribution in [0.2, 0.25) is 0 Å². The van der Waals surface area contributed by atoms with Crippen LogP contribution in [0.15, 0.2) is 35.2 Å². The van der Waals surface area contributed by atoms with Crippen molar-refractivity contribution in [2.24, 2.45) is 0 Å². The molecular weight excluding hydrogens is 264 g/mol. The van der Waals surface area contributed by atoms with Crippen LogP contribution in [0.4, 0.5) is 0 Å². The van der Waals surface area contributed by atoms with Crippen molar-refractivity contribution in [3.8, 4) is 0 Å². The first-order chi connectivity index (χ1) is 9.92. The van der Waals surface area contributed by atoms with Gasteiger partial charge in [0, 0.05) is 23.2 Å². The summed E-state index contributed by atoms with van der Waals surface area (Å²) in [6, 6.07) is 11.7. The van der Waals surface area contributed by atoms with Crippen LogP contribution in [0, 0.1) is 0 Å². The van der Waals surface area contributed by atoms with E-state index in [-0.39, 0.29) is 0 Å². The van der Waals surface area contributed by atoms with Crippen molar-refractivity contribution in [3.63, 3.8) is 0 Å². The fourth-order valence-electron chi connectivity index (χ4n) is 3.42. The second-order valence-electron chi connectivity index (χ2n) is 5.98. The molecule has 0 aromatic heterocycles. The summed E-state index contributed by atoms with van der Waals surface area (Å²) in [6.07, 6.45) is 5.62. The molecule has 20 heavy (non-hydrogen) atoms. The lowest BCUT2D eigenvalue weighted by atomic mass is 10.0. The number of hydrogen-bond donors (Lipinski definition) is 0. The van der Waals surface area contributed by atoms with E-state index in [0.29, 0.717) is 0 Å². The Morgan fingerprint density at radius 2 is 1.65 bits per heavy atom. The van der Waals surface area contributed by atoms with Crippen molar-refractivity contribution in [2.45, 2.75) is 36.6 Å². The Kier molecular flexibility index (Phi) is 5.40. The van der Waals surface area contributed by atoms with Gasteiger partial charge in [0.25, 0.3) is 0 Å². The predicted molar refractivity (Wildman–Crippen MR) is 87.4 cm³/mol. The zero-order valence-electron chi connectivity index (χ0n) is 12.3. The van der Waals surface area contributed by atoms with E-state index in [4.69, 9.17) is 0 Å². The minimum atomic E-state index is 0.885. The lowest BCUT2D eigenvalue weighted by Gasteiger charge is -2.36. The summed E-state index contributed by atoms with van der Waals surface area (Å²) in [5.41, 5.74) is 0. The third-order valence-electron chi connectivity index (χ3n) is 4.63. The SMILES string of the molecule is c1ccc(SCCN2CCC(N3CCCC3)CC2)cc1. The molecule has 2 heterocycles. The largest absolute Gasteiger partial charge is 0.302 e. The highest BCUT2D eigenvalue weighted by Crippen LogP contribution is 2.22. The summed E-state index contributed by atoms with van der Waals surface area (Å²) in [5, 5.41) is 0. The number of nitrogens with zero attached hydrogens (tertiary/aromatic N) is 2. The minimum Gasteiger partial charge on any atom is -0.302 e. The topological polar surface area (TPSA) is 6.48 Å². The van der Waals surface area contributed by atoms with Gasteiger partial charge in [-0.2, -0.15) is 0 Å². The zero-order valence-corrected chi connectivity index (χ0v) is 13.2. The fourth-order valence-corrected chi connectivity index (χ4v) is 4.36. The summed E-state index contributed by atoms with van der Waals surface area (Å²) in [5.74, 6) is 1.22. The van der Waals surface area contributed by atoms with Gasteiger partial charge >= 0.3 is 0 Å². The maximum atomic E-state index is 2.73. The van der Waals surface area contributed by atoms with Crippen molar-refractivity contribution in [2.75, 3.05) is 38.5 Å². The Bertz CT molecular complexity index is 381. The monoisotopic (exact) mass is 290 g/mol. The third kappa shape index (κ3) is 4.00. The Morgan fingerprint density at radius 1 is 0.950 bits per heavy atom. The van der Waals surface area contributed by atoms with Gasteiger partial charge in [-0.05, 0) is 64.0 Å². The second kappa shape index (κ2) is 7.48. The van der Waals surface area contributed by atoms with Crippen molar-refractivity contribution >= 4 is 11.8 Å². The molecule has 0 amide bonds. The van der Waals surface area contributed by atoms with Crippen LogP contribution in [0.25, 0.3) is 0 Å². The highest BCUT2D eigenvalue weighted by Gasteiger charge is 2.25. The first-order valence-electron chi connectivity index (χ1n) is 8.06. The Labute approximate surface area is 127 Å². The average Bonchev–Trinajstić information content (AvgIpc) is 3.03. The first kappa shape index (κ1) is 14.4. The molecule has 0 bridgehead atoms. The molecule has 0 saturated carbocycles. The summed E-state index contributed by atoms with van der Waals surface area (Å²) in [7, 11) is 0. The summed E-state index contributed by atoms with van der Waals surface area (Å²) in [6.45, 7) is 6.56. The van der Waals surface area contributed by atoms with Crippen LogP contribution in [0.3, 0.4) is 0 Å². The Hall–Kier alpha value is -0.510. The Morgan fingerprint density at radius 3 is 2.35 bits per heavy atom. The normalized spacial score (nSPS) is 22.4. The quantitative estimate of drug-likeness (QED) is 0.768. The van der Waals surface area contributed by atoms with E-state index in [2.05, 4.69) is 40.1 Å². The number of piperidine rings is 1.